The van der Waals surface area contributed by atoms with Gasteiger partial charge in [-0.3, -0.25) is 14.4 Å². The summed E-state index contributed by atoms with van der Waals surface area (Å²) >= 11 is 0. The summed E-state index contributed by atoms with van der Waals surface area (Å²) in [4.78, 5) is 51.0. The van der Waals surface area contributed by atoms with E-state index in [9.17, 15) is 19.2 Å². The summed E-state index contributed by atoms with van der Waals surface area (Å²) in [6.07, 6.45) is -0.892. The van der Waals surface area contributed by atoms with Crippen LogP contribution in [0.5, 0.6) is 0 Å². The van der Waals surface area contributed by atoms with Crippen LogP contribution in [-0.4, -0.2) is 66.4 Å². The van der Waals surface area contributed by atoms with Crippen LogP contribution in [0.25, 0.3) is 0 Å². The molecule has 198 valence electrons. The van der Waals surface area contributed by atoms with Crippen molar-refractivity contribution < 1.29 is 33.5 Å². The summed E-state index contributed by atoms with van der Waals surface area (Å²) in [5, 5.41) is 6.01. The molecule has 0 aliphatic rings. The van der Waals surface area contributed by atoms with Crippen molar-refractivity contribution in [3.05, 3.63) is 35.9 Å². The molecule has 0 aliphatic carbocycles. The van der Waals surface area contributed by atoms with Crippen molar-refractivity contribution in [3.8, 4) is 0 Å². The number of hydroxylamine groups is 2. The first-order valence-corrected chi connectivity index (χ1v) is 11.3. The molecule has 10 nitrogen and oxygen atoms in total. The van der Waals surface area contributed by atoms with Gasteiger partial charge in [-0.1, -0.05) is 30.3 Å². The summed E-state index contributed by atoms with van der Waals surface area (Å²) in [5.41, 5.74) is -0.211. The predicted octanol–water partition coefficient (Wildman–Crippen LogP) is 3.63. The number of ketones is 1. The average Bonchev–Trinajstić information content (AvgIpc) is 2.70. The van der Waals surface area contributed by atoms with Crippen LogP contribution in [0.1, 0.15) is 61.0 Å². The molecule has 1 aromatic carbocycles. The Hall–Kier alpha value is -3.14. The Kier molecular flexibility index (Phi) is 13.0. The van der Waals surface area contributed by atoms with Gasteiger partial charge >= 0.3 is 12.2 Å². The van der Waals surface area contributed by atoms with Crippen molar-refractivity contribution in [3.63, 3.8) is 0 Å². The van der Waals surface area contributed by atoms with Gasteiger partial charge in [0.25, 0.3) is 5.91 Å². The third-order valence-electron chi connectivity index (χ3n) is 4.13. The van der Waals surface area contributed by atoms with Crippen LogP contribution in [-0.2, 0) is 30.3 Å². The highest BCUT2D eigenvalue weighted by Crippen LogP contribution is 2.08. The molecule has 0 aromatic heterocycles. The maximum Gasteiger partial charge on any atom is 0.408 e. The van der Waals surface area contributed by atoms with E-state index < -0.39 is 35.5 Å². The smallest absolute Gasteiger partial charge is 0.408 e. The van der Waals surface area contributed by atoms with E-state index in [4.69, 9.17) is 14.3 Å². The van der Waals surface area contributed by atoms with Gasteiger partial charge in [-0.05, 0) is 61.0 Å². The van der Waals surface area contributed by atoms with Crippen LogP contribution in [0.15, 0.2) is 30.3 Å². The van der Waals surface area contributed by atoms with Gasteiger partial charge in [0.05, 0.1) is 13.2 Å². The number of carbonyl (C=O) groups is 4. The van der Waals surface area contributed by atoms with Crippen LogP contribution < -0.4 is 10.6 Å². The van der Waals surface area contributed by atoms with E-state index in [1.807, 2.05) is 30.3 Å². The number of rotatable bonds is 7. The molecule has 3 amide bonds. The number of Topliss-reactive ketones (excluding diaryl/α,β-unsaturated/α-hetero) is 1. The summed E-state index contributed by atoms with van der Waals surface area (Å²) in [7, 11) is 2.84. The molecule has 0 unspecified atom stereocenters. The molecule has 0 spiro atoms. The lowest BCUT2D eigenvalue weighted by Crippen LogP contribution is -2.46. The van der Waals surface area contributed by atoms with E-state index in [2.05, 4.69) is 10.6 Å². The van der Waals surface area contributed by atoms with Gasteiger partial charge in [0.2, 0.25) is 0 Å². The average molecular weight is 496 g/mol. The molecule has 0 aliphatic heterocycles. The molecule has 2 N–H and O–H groups in total. The molecule has 0 radical (unpaired) electrons. The fourth-order valence-electron chi connectivity index (χ4n) is 2.42. The summed E-state index contributed by atoms with van der Waals surface area (Å²) < 4.78 is 10.1. The second-order valence-corrected chi connectivity index (χ2v) is 9.88. The number of alkyl carbamates (subject to hydrolysis) is 2. The van der Waals surface area contributed by atoms with Crippen LogP contribution in [0.3, 0.4) is 0 Å². The minimum Gasteiger partial charge on any atom is -0.444 e. The van der Waals surface area contributed by atoms with Crippen molar-refractivity contribution in [2.24, 2.45) is 0 Å². The van der Waals surface area contributed by atoms with Crippen molar-refractivity contribution in [1.82, 2.24) is 15.7 Å². The van der Waals surface area contributed by atoms with Gasteiger partial charge < -0.3 is 20.1 Å². The van der Waals surface area contributed by atoms with Crippen molar-refractivity contribution in [2.75, 3.05) is 14.2 Å². The van der Waals surface area contributed by atoms with Gasteiger partial charge in [-0.25, -0.2) is 14.7 Å². The highest BCUT2D eigenvalue weighted by Gasteiger charge is 2.23. The number of likely N-dealkylation sites (N-methyl/N-ethyl adjacent to an activating group) is 1. The quantitative estimate of drug-likeness (QED) is 0.554. The third kappa shape index (κ3) is 15.4. The van der Waals surface area contributed by atoms with E-state index in [-0.39, 0.29) is 11.7 Å². The normalized spacial score (nSPS) is 12.7. The zero-order valence-corrected chi connectivity index (χ0v) is 22.6. The molecule has 0 bridgehead atoms. The number of nitrogens with zero attached hydrogens (tertiary/aromatic N) is 1. The van der Waals surface area contributed by atoms with Gasteiger partial charge in [0.15, 0.2) is 5.78 Å². The molecule has 0 heterocycles. The van der Waals surface area contributed by atoms with Crippen LogP contribution >= 0.6 is 0 Å². The second-order valence-electron chi connectivity index (χ2n) is 9.88. The SMILES string of the molecule is CON(C)C(=O)[C@H](C)NC(=O)OC(C)(C)C.C[C@H](NC(=O)OC(C)(C)C)C(=O)Cc1ccccc1. The summed E-state index contributed by atoms with van der Waals surface area (Å²) in [5.74, 6) is -0.398. The van der Waals surface area contributed by atoms with Gasteiger partial charge in [-0.2, -0.15) is 0 Å². The Morgan fingerprint density at radius 1 is 0.829 bits per heavy atom. The van der Waals surface area contributed by atoms with E-state index in [1.54, 1.807) is 55.4 Å². The van der Waals surface area contributed by atoms with E-state index in [0.717, 1.165) is 10.6 Å². The highest BCUT2D eigenvalue weighted by atomic mass is 16.7. The topological polar surface area (TPSA) is 123 Å². The fraction of sp³-hybridized carbons (Fsp3) is 0.600. The maximum absolute atomic E-state index is 11.9. The fourth-order valence-corrected chi connectivity index (χ4v) is 2.42. The van der Waals surface area contributed by atoms with Crippen molar-refractivity contribution in [1.29, 1.82) is 0 Å². The lowest BCUT2D eigenvalue weighted by atomic mass is 10.1. The first-order chi connectivity index (χ1) is 15.9. The van der Waals surface area contributed by atoms with E-state index in [0.29, 0.717) is 6.42 Å². The molecule has 1 rings (SSSR count). The molecule has 0 saturated heterocycles. The number of carbonyl (C=O) groups excluding carboxylic acids is 4. The lowest BCUT2D eigenvalue weighted by molar-refractivity contribution is -0.170. The highest BCUT2D eigenvalue weighted by molar-refractivity contribution is 5.88. The number of ether oxygens (including phenoxy) is 2. The Balaban J connectivity index is 0.000000672. The first kappa shape index (κ1) is 31.9. The maximum atomic E-state index is 11.9. The van der Waals surface area contributed by atoms with Crippen molar-refractivity contribution >= 4 is 23.9 Å². The Morgan fingerprint density at radius 3 is 1.66 bits per heavy atom. The molecular formula is C25H41N3O7. The lowest BCUT2D eigenvalue weighted by Gasteiger charge is -2.23. The number of amides is 3. The van der Waals surface area contributed by atoms with Gasteiger partial charge in [-0.15, -0.1) is 0 Å². The van der Waals surface area contributed by atoms with Crippen molar-refractivity contribution in [2.45, 2.75) is 85.1 Å². The Morgan fingerprint density at radius 2 is 1.26 bits per heavy atom. The zero-order valence-electron chi connectivity index (χ0n) is 22.6. The molecule has 35 heavy (non-hydrogen) atoms. The van der Waals surface area contributed by atoms with Crippen LogP contribution in [0.4, 0.5) is 9.59 Å². The second kappa shape index (κ2) is 14.3. The summed E-state index contributed by atoms with van der Waals surface area (Å²) in [6, 6.07) is 8.19. The predicted molar refractivity (Wildman–Crippen MR) is 133 cm³/mol. The molecule has 2 atom stereocenters. The third-order valence-corrected chi connectivity index (χ3v) is 4.13. The Bertz CT molecular complexity index is 830. The molecule has 0 saturated carbocycles. The molecular weight excluding hydrogens is 454 g/mol. The number of hydrogen-bond acceptors (Lipinski definition) is 7. The summed E-state index contributed by atoms with van der Waals surface area (Å²) in [6.45, 7) is 13.8. The minimum atomic E-state index is -0.695. The molecule has 10 heteroatoms. The number of nitrogens with one attached hydrogen (secondary N) is 2. The molecule has 0 fully saturated rings. The standard InChI is InChI=1S/C15H21NO3.C10H20N2O4/c1-11(16-14(18)19-15(2,3)4)13(17)10-12-8-6-5-7-9-12;1-7(8(13)12(5)15-6)11-9(14)16-10(2,3)4/h5-9,11H,10H2,1-4H3,(H,16,18);7H,1-6H3,(H,11,14)/t11-;7-/m00/s1. The number of benzene rings is 1. The first-order valence-electron chi connectivity index (χ1n) is 11.3. The van der Waals surface area contributed by atoms with E-state index in [1.165, 1.54) is 14.2 Å². The molecule has 1 aromatic rings. The van der Waals surface area contributed by atoms with Crippen LogP contribution in [0, 0.1) is 0 Å². The minimum absolute atomic E-state index is 0.0444. The largest absolute Gasteiger partial charge is 0.444 e. The number of hydrogen-bond donors (Lipinski definition) is 2. The van der Waals surface area contributed by atoms with E-state index >= 15 is 0 Å². The Labute approximate surface area is 208 Å². The monoisotopic (exact) mass is 495 g/mol. The van der Waals surface area contributed by atoms with Gasteiger partial charge in [0.1, 0.15) is 17.2 Å². The zero-order chi connectivity index (χ0) is 27.4. The van der Waals surface area contributed by atoms with Gasteiger partial charge in [0, 0.05) is 13.5 Å². The van der Waals surface area contributed by atoms with Crippen LogP contribution in [0.2, 0.25) is 0 Å².